The molecule has 9 nitrogen and oxygen atoms in total. The van der Waals surface area contributed by atoms with Crippen LogP contribution in [0.4, 0.5) is 31.9 Å². The molecule has 0 unspecified atom stereocenters. The van der Waals surface area contributed by atoms with E-state index >= 15 is 0 Å². The SMILES string of the molecule is COc1cc(C(=O)NC2CCC(F)(F)CC2)ccc1Nc1ncc2c(n1)N(C1CCCC1)CC1(CC1)C(=O)N2C. The molecule has 11 heteroatoms. The van der Waals surface area contributed by atoms with Crippen LogP contribution in [0.25, 0.3) is 0 Å². The first-order valence-electron chi connectivity index (χ1n) is 14.2. The van der Waals surface area contributed by atoms with E-state index in [1.165, 1.54) is 20.0 Å². The molecule has 3 aliphatic carbocycles. The van der Waals surface area contributed by atoms with Gasteiger partial charge in [0, 0.05) is 44.1 Å². The number of fused-ring (bicyclic) bond motifs is 1. The van der Waals surface area contributed by atoms with Gasteiger partial charge in [-0.25, -0.2) is 13.8 Å². The van der Waals surface area contributed by atoms with Gasteiger partial charge in [0.2, 0.25) is 17.8 Å². The highest BCUT2D eigenvalue weighted by atomic mass is 19.3. The highest BCUT2D eigenvalue weighted by Gasteiger charge is 2.55. The van der Waals surface area contributed by atoms with Crippen LogP contribution in [0.3, 0.4) is 0 Å². The number of nitrogens with zero attached hydrogens (tertiary/aromatic N) is 4. The van der Waals surface area contributed by atoms with Gasteiger partial charge < -0.3 is 25.2 Å². The number of alkyl halides is 2. The Morgan fingerprint density at radius 3 is 2.50 bits per heavy atom. The van der Waals surface area contributed by atoms with E-state index in [4.69, 9.17) is 9.72 Å². The first kappa shape index (κ1) is 26.7. The maximum absolute atomic E-state index is 13.5. The van der Waals surface area contributed by atoms with Crippen molar-refractivity contribution in [3.63, 3.8) is 0 Å². The number of halogens is 2. The molecule has 2 N–H and O–H groups in total. The van der Waals surface area contributed by atoms with Crippen molar-refractivity contribution < 1.29 is 23.1 Å². The van der Waals surface area contributed by atoms with E-state index < -0.39 is 5.92 Å². The fourth-order valence-electron chi connectivity index (χ4n) is 6.36. The number of aromatic nitrogens is 2. The zero-order chi connectivity index (χ0) is 28.1. The topological polar surface area (TPSA) is 99.7 Å². The maximum atomic E-state index is 13.5. The Bertz CT molecular complexity index is 1300. The van der Waals surface area contributed by atoms with E-state index in [1.54, 1.807) is 29.3 Å². The van der Waals surface area contributed by atoms with Crippen LogP contribution in [0.1, 0.15) is 74.6 Å². The normalized spacial score (nSPS) is 22.1. The van der Waals surface area contributed by atoms with Gasteiger partial charge >= 0.3 is 0 Å². The number of rotatable bonds is 6. The van der Waals surface area contributed by atoms with E-state index in [-0.39, 0.29) is 49.0 Å². The number of nitrogens with one attached hydrogen (secondary N) is 2. The summed E-state index contributed by atoms with van der Waals surface area (Å²) < 4.78 is 32.5. The second kappa shape index (κ2) is 10.2. The third-order valence-electron chi connectivity index (χ3n) is 9.00. The highest BCUT2D eigenvalue weighted by Crippen LogP contribution is 2.52. The minimum Gasteiger partial charge on any atom is -0.495 e. The molecule has 6 rings (SSSR count). The Morgan fingerprint density at radius 2 is 1.82 bits per heavy atom. The lowest BCUT2D eigenvalue weighted by Gasteiger charge is -2.31. The van der Waals surface area contributed by atoms with E-state index in [0.717, 1.165) is 31.5 Å². The van der Waals surface area contributed by atoms with Gasteiger partial charge in [0.1, 0.15) is 11.4 Å². The monoisotopic (exact) mass is 554 g/mol. The largest absolute Gasteiger partial charge is 0.495 e. The van der Waals surface area contributed by atoms with Crippen LogP contribution < -0.4 is 25.2 Å². The van der Waals surface area contributed by atoms with E-state index in [2.05, 4.69) is 20.5 Å². The predicted molar refractivity (Wildman–Crippen MR) is 148 cm³/mol. The third kappa shape index (κ3) is 5.06. The molecule has 0 atom stereocenters. The number of hydrogen-bond donors (Lipinski definition) is 2. The second-order valence-electron chi connectivity index (χ2n) is 11.8. The Labute approximate surface area is 232 Å². The van der Waals surface area contributed by atoms with Crippen molar-refractivity contribution >= 4 is 35.0 Å². The molecule has 0 saturated heterocycles. The van der Waals surface area contributed by atoms with Crippen molar-refractivity contribution in [1.29, 1.82) is 0 Å². The lowest BCUT2D eigenvalue weighted by molar-refractivity contribution is -0.122. The molecular formula is C29H36F2N6O3. The van der Waals surface area contributed by atoms with Crippen molar-refractivity contribution in [3.05, 3.63) is 30.0 Å². The fourth-order valence-corrected chi connectivity index (χ4v) is 6.36. The van der Waals surface area contributed by atoms with Crippen LogP contribution in [0.5, 0.6) is 5.75 Å². The van der Waals surface area contributed by atoms with Crippen molar-refractivity contribution in [1.82, 2.24) is 15.3 Å². The smallest absolute Gasteiger partial charge is 0.251 e. The first-order valence-corrected chi connectivity index (χ1v) is 14.2. The number of benzene rings is 1. The van der Waals surface area contributed by atoms with Crippen LogP contribution in [0.15, 0.2) is 24.4 Å². The number of methoxy groups -OCH3 is 1. The summed E-state index contributed by atoms with van der Waals surface area (Å²) in [6.07, 6.45) is 8.10. The summed E-state index contributed by atoms with van der Waals surface area (Å²) in [5, 5.41) is 6.11. The molecule has 1 aliphatic heterocycles. The first-order chi connectivity index (χ1) is 19.2. The number of carbonyl (C=O) groups is 2. The van der Waals surface area contributed by atoms with Crippen molar-refractivity contribution in [3.8, 4) is 5.75 Å². The van der Waals surface area contributed by atoms with E-state index in [1.807, 2.05) is 7.05 Å². The van der Waals surface area contributed by atoms with E-state index in [0.29, 0.717) is 41.2 Å². The van der Waals surface area contributed by atoms with Crippen LogP contribution in [-0.4, -0.2) is 60.5 Å². The molecule has 2 aromatic rings. The minimum absolute atomic E-state index is 0.135. The van der Waals surface area contributed by atoms with Gasteiger partial charge in [0.05, 0.1) is 24.4 Å². The summed E-state index contributed by atoms with van der Waals surface area (Å²) in [5.74, 6) is -1.27. The molecule has 1 aromatic carbocycles. The second-order valence-corrected chi connectivity index (χ2v) is 11.8. The fraction of sp³-hybridized carbons (Fsp3) is 0.586. The van der Waals surface area contributed by atoms with Gasteiger partial charge in [-0.3, -0.25) is 9.59 Å². The van der Waals surface area contributed by atoms with Crippen molar-refractivity contribution in [2.75, 3.05) is 35.8 Å². The maximum Gasteiger partial charge on any atom is 0.251 e. The quantitative estimate of drug-likeness (QED) is 0.516. The number of hydrogen-bond acceptors (Lipinski definition) is 7. The predicted octanol–water partition coefficient (Wildman–Crippen LogP) is 5.04. The molecule has 3 saturated carbocycles. The summed E-state index contributed by atoms with van der Waals surface area (Å²) in [4.78, 5) is 39.6. The van der Waals surface area contributed by atoms with Gasteiger partial charge in [-0.2, -0.15) is 4.98 Å². The average molecular weight is 555 g/mol. The van der Waals surface area contributed by atoms with Crippen molar-refractivity contribution in [2.24, 2.45) is 5.41 Å². The van der Waals surface area contributed by atoms with Crippen LogP contribution in [0, 0.1) is 5.41 Å². The molecule has 2 heterocycles. The summed E-state index contributed by atoms with van der Waals surface area (Å²) in [5.41, 5.74) is 1.35. The third-order valence-corrected chi connectivity index (χ3v) is 9.00. The summed E-state index contributed by atoms with van der Waals surface area (Å²) in [6.45, 7) is 0.677. The summed E-state index contributed by atoms with van der Waals surface area (Å²) >= 11 is 0. The standard InChI is InChI=1S/C29H36F2N6O3/c1-36-22-16-32-27(35-24(22)37(20-5-3-4-6-20)17-28(13-14-28)26(36)39)34-21-8-7-18(15-23(21)40-2)25(38)33-19-9-11-29(30,31)12-10-19/h7-8,15-16,19-20H,3-6,9-14,17H2,1-2H3,(H,33,38)(H,32,34,35). The van der Waals surface area contributed by atoms with Crippen LogP contribution >= 0.6 is 0 Å². The zero-order valence-electron chi connectivity index (χ0n) is 23.0. The molecule has 4 aliphatic rings. The van der Waals surface area contributed by atoms with Gasteiger partial charge in [0.15, 0.2) is 5.82 Å². The number of carbonyl (C=O) groups excluding carboxylic acids is 2. The Kier molecular flexibility index (Phi) is 6.78. The summed E-state index contributed by atoms with van der Waals surface area (Å²) in [7, 11) is 3.32. The van der Waals surface area contributed by atoms with Gasteiger partial charge in [-0.05, 0) is 56.7 Å². The molecule has 1 spiro atoms. The highest BCUT2D eigenvalue weighted by molar-refractivity contribution is 6.03. The lowest BCUT2D eigenvalue weighted by atomic mass is 9.92. The Balaban J connectivity index is 1.23. The zero-order valence-corrected chi connectivity index (χ0v) is 23.0. The van der Waals surface area contributed by atoms with Gasteiger partial charge in [-0.1, -0.05) is 12.8 Å². The minimum atomic E-state index is -2.64. The van der Waals surface area contributed by atoms with E-state index in [9.17, 15) is 18.4 Å². The van der Waals surface area contributed by atoms with Gasteiger partial charge in [-0.15, -0.1) is 0 Å². The average Bonchev–Trinajstić information content (AvgIpc) is 3.55. The molecular weight excluding hydrogens is 518 g/mol. The lowest BCUT2D eigenvalue weighted by Crippen LogP contribution is -2.41. The summed E-state index contributed by atoms with van der Waals surface area (Å²) in [6, 6.07) is 5.08. The van der Waals surface area contributed by atoms with Crippen LogP contribution in [0.2, 0.25) is 0 Å². The molecule has 3 fully saturated rings. The molecule has 1 aromatic heterocycles. The van der Waals surface area contributed by atoms with Crippen molar-refractivity contribution in [2.45, 2.75) is 82.2 Å². The molecule has 0 radical (unpaired) electrons. The Morgan fingerprint density at radius 1 is 1.10 bits per heavy atom. The molecule has 0 bridgehead atoms. The molecule has 40 heavy (non-hydrogen) atoms. The Hall–Kier alpha value is -3.50. The number of amides is 2. The van der Waals surface area contributed by atoms with Gasteiger partial charge in [0.25, 0.3) is 5.91 Å². The molecule has 214 valence electrons. The van der Waals surface area contributed by atoms with Crippen LogP contribution in [-0.2, 0) is 4.79 Å². The molecule has 2 amide bonds. The number of ether oxygens (including phenoxy) is 1. The number of anilines is 4.